The molecule has 0 aliphatic rings. The molecule has 10 heteroatoms. The van der Waals surface area contributed by atoms with E-state index in [2.05, 4.69) is 4.74 Å². The standard InChI is InChI=1S/C23H12Cl2F3NO4/c24-13-2-1-3-15(10-13)29-18-11-14(25)6-9-17(18)19(20(29)22(31)32)21(30)12-4-7-16(8-5-12)33-23(26,27)28/h1-11H,(H,31,32). The summed E-state index contributed by atoms with van der Waals surface area (Å²) in [6.07, 6.45) is -4.88. The Bertz CT molecular complexity index is 1400. The number of rotatable bonds is 5. The second kappa shape index (κ2) is 8.46. The lowest BCUT2D eigenvalue weighted by Gasteiger charge is -2.10. The van der Waals surface area contributed by atoms with Gasteiger partial charge >= 0.3 is 12.3 Å². The molecule has 1 N–H and O–H groups in total. The molecule has 0 radical (unpaired) electrons. The molecule has 0 saturated heterocycles. The first-order chi connectivity index (χ1) is 15.5. The van der Waals surface area contributed by atoms with E-state index in [1.54, 1.807) is 18.2 Å². The van der Waals surface area contributed by atoms with Crippen molar-refractivity contribution in [3.63, 3.8) is 0 Å². The van der Waals surface area contributed by atoms with E-state index in [0.29, 0.717) is 26.6 Å². The fraction of sp³-hybridized carbons (Fsp3) is 0.0435. The average Bonchev–Trinajstić information content (AvgIpc) is 3.07. The maximum Gasteiger partial charge on any atom is 0.573 e. The van der Waals surface area contributed by atoms with Crippen LogP contribution in [0.25, 0.3) is 16.6 Å². The number of carboxylic acids is 1. The van der Waals surface area contributed by atoms with E-state index in [9.17, 15) is 27.9 Å². The van der Waals surface area contributed by atoms with Crippen LogP contribution in [0, 0.1) is 0 Å². The van der Waals surface area contributed by atoms with Gasteiger partial charge in [0.2, 0.25) is 0 Å². The number of hydrogen-bond acceptors (Lipinski definition) is 3. The van der Waals surface area contributed by atoms with E-state index in [-0.39, 0.29) is 16.8 Å². The molecular formula is C23H12Cl2F3NO4. The molecule has 0 spiro atoms. The largest absolute Gasteiger partial charge is 0.573 e. The molecule has 3 aromatic carbocycles. The molecule has 0 fully saturated rings. The molecule has 168 valence electrons. The molecular weight excluding hydrogens is 482 g/mol. The predicted molar refractivity (Wildman–Crippen MR) is 117 cm³/mol. The van der Waals surface area contributed by atoms with Gasteiger partial charge in [-0.1, -0.05) is 35.3 Å². The first-order valence-electron chi connectivity index (χ1n) is 9.29. The third-order valence-electron chi connectivity index (χ3n) is 4.78. The fourth-order valence-electron chi connectivity index (χ4n) is 3.53. The normalized spacial score (nSPS) is 11.5. The van der Waals surface area contributed by atoms with Crippen molar-refractivity contribution >= 4 is 45.9 Å². The lowest BCUT2D eigenvalue weighted by Crippen LogP contribution is -2.17. The summed E-state index contributed by atoms with van der Waals surface area (Å²) in [7, 11) is 0. The molecule has 0 unspecified atom stereocenters. The zero-order valence-electron chi connectivity index (χ0n) is 16.4. The summed E-state index contributed by atoms with van der Waals surface area (Å²) in [5.41, 5.74) is 0.239. The predicted octanol–water partition coefficient (Wildman–Crippen LogP) is 6.77. The van der Waals surface area contributed by atoms with Crippen LogP contribution in [-0.4, -0.2) is 27.8 Å². The Labute approximate surface area is 194 Å². The van der Waals surface area contributed by atoms with Crippen LogP contribution in [0.1, 0.15) is 26.4 Å². The van der Waals surface area contributed by atoms with Crippen molar-refractivity contribution in [2.24, 2.45) is 0 Å². The number of hydrogen-bond donors (Lipinski definition) is 1. The van der Waals surface area contributed by atoms with Crippen LogP contribution in [0.2, 0.25) is 10.0 Å². The van der Waals surface area contributed by atoms with Crippen molar-refractivity contribution in [3.05, 3.63) is 93.6 Å². The minimum atomic E-state index is -4.88. The molecule has 33 heavy (non-hydrogen) atoms. The molecule has 4 rings (SSSR count). The first kappa shape index (κ1) is 22.7. The van der Waals surface area contributed by atoms with Crippen LogP contribution in [-0.2, 0) is 0 Å². The highest BCUT2D eigenvalue weighted by molar-refractivity contribution is 6.32. The van der Waals surface area contributed by atoms with Gasteiger partial charge in [0.1, 0.15) is 11.4 Å². The topological polar surface area (TPSA) is 68.5 Å². The van der Waals surface area contributed by atoms with Crippen LogP contribution in [0.5, 0.6) is 5.75 Å². The van der Waals surface area contributed by atoms with E-state index in [1.807, 2.05) is 0 Å². The quantitative estimate of drug-likeness (QED) is 0.311. The summed E-state index contributed by atoms with van der Waals surface area (Å²) in [5.74, 6) is -2.59. The molecule has 0 atom stereocenters. The highest BCUT2D eigenvalue weighted by atomic mass is 35.5. The smallest absolute Gasteiger partial charge is 0.477 e. The number of carbonyl (C=O) groups is 2. The van der Waals surface area contributed by atoms with Gasteiger partial charge in [-0.25, -0.2) is 4.79 Å². The Kier molecular flexibility index (Phi) is 5.82. The summed E-state index contributed by atoms with van der Waals surface area (Å²) in [6, 6.07) is 15.2. The lowest BCUT2D eigenvalue weighted by molar-refractivity contribution is -0.274. The number of ketones is 1. The van der Waals surface area contributed by atoms with Gasteiger partial charge < -0.3 is 14.4 Å². The lowest BCUT2D eigenvalue weighted by atomic mass is 10.00. The van der Waals surface area contributed by atoms with Crippen molar-refractivity contribution in [3.8, 4) is 11.4 Å². The zero-order valence-corrected chi connectivity index (χ0v) is 17.9. The SMILES string of the molecule is O=C(c1ccc(OC(F)(F)F)cc1)c1c(C(=O)O)n(-c2cccc(Cl)c2)c2cc(Cl)ccc12. The summed E-state index contributed by atoms with van der Waals surface area (Å²) in [6.45, 7) is 0. The fourth-order valence-corrected chi connectivity index (χ4v) is 3.88. The second-order valence-corrected chi connectivity index (χ2v) is 7.78. The summed E-state index contributed by atoms with van der Waals surface area (Å²) in [5, 5.41) is 11.0. The Morgan fingerprint density at radius 1 is 0.909 bits per heavy atom. The number of halogens is 5. The Morgan fingerprint density at radius 2 is 1.58 bits per heavy atom. The van der Waals surface area contributed by atoms with Gasteiger partial charge in [0.25, 0.3) is 0 Å². The number of carbonyl (C=O) groups excluding carboxylic acids is 1. The molecule has 4 aromatic rings. The molecule has 0 amide bonds. The number of aromatic nitrogens is 1. The highest BCUT2D eigenvalue weighted by Crippen LogP contribution is 2.34. The Hall–Kier alpha value is -3.49. The summed E-state index contributed by atoms with van der Waals surface area (Å²) < 4.78 is 42.5. The van der Waals surface area contributed by atoms with E-state index in [1.165, 1.54) is 28.8 Å². The van der Waals surface area contributed by atoms with E-state index in [0.717, 1.165) is 24.3 Å². The van der Waals surface area contributed by atoms with Crippen LogP contribution in [0.3, 0.4) is 0 Å². The van der Waals surface area contributed by atoms with Crippen LogP contribution >= 0.6 is 23.2 Å². The van der Waals surface area contributed by atoms with Crippen molar-refractivity contribution < 1.29 is 32.6 Å². The Balaban J connectivity index is 1.93. The first-order valence-corrected chi connectivity index (χ1v) is 10.0. The Morgan fingerprint density at radius 3 is 2.18 bits per heavy atom. The van der Waals surface area contributed by atoms with E-state index >= 15 is 0 Å². The van der Waals surface area contributed by atoms with Crippen molar-refractivity contribution in [1.82, 2.24) is 4.57 Å². The molecule has 1 aromatic heterocycles. The number of benzene rings is 3. The summed E-state index contributed by atoms with van der Waals surface area (Å²) in [4.78, 5) is 25.7. The van der Waals surface area contributed by atoms with E-state index in [4.69, 9.17) is 23.2 Å². The van der Waals surface area contributed by atoms with E-state index < -0.39 is 23.9 Å². The number of fused-ring (bicyclic) bond motifs is 1. The molecule has 0 bridgehead atoms. The van der Waals surface area contributed by atoms with Gasteiger partial charge in [-0.15, -0.1) is 13.2 Å². The number of nitrogens with zero attached hydrogens (tertiary/aromatic N) is 1. The zero-order chi connectivity index (χ0) is 23.9. The minimum Gasteiger partial charge on any atom is -0.477 e. The monoisotopic (exact) mass is 493 g/mol. The van der Waals surface area contributed by atoms with Gasteiger partial charge in [0.05, 0.1) is 11.1 Å². The van der Waals surface area contributed by atoms with Crippen LogP contribution in [0.15, 0.2) is 66.7 Å². The molecule has 0 saturated carbocycles. The summed E-state index contributed by atoms with van der Waals surface area (Å²) >= 11 is 12.2. The molecule has 1 heterocycles. The number of aromatic carboxylic acids is 1. The van der Waals surface area contributed by atoms with Crippen molar-refractivity contribution in [1.29, 1.82) is 0 Å². The molecule has 0 aliphatic heterocycles. The number of carboxylic acid groups (broad SMARTS) is 1. The van der Waals surface area contributed by atoms with Crippen molar-refractivity contribution in [2.75, 3.05) is 0 Å². The van der Waals surface area contributed by atoms with Gasteiger partial charge in [0.15, 0.2) is 5.78 Å². The van der Waals surface area contributed by atoms with Gasteiger partial charge in [-0.2, -0.15) is 0 Å². The third-order valence-corrected chi connectivity index (χ3v) is 5.25. The maximum absolute atomic E-state index is 13.4. The van der Waals surface area contributed by atoms with Gasteiger partial charge in [-0.05, 0) is 54.6 Å². The number of ether oxygens (including phenoxy) is 1. The van der Waals surface area contributed by atoms with Crippen LogP contribution in [0.4, 0.5) is 13.2 Å². The van der Waals surface area contributed by atoms with Crippen LogP contribution < -0.4 is 4.74 Å². The third kappa shape index (κ3) is 4.53. The van der Waals surface area contributed by atoms with Gasteiger partial charge in [0, 0.05) is 26.7 Å². The highest BCUT2D eigenvalue weighted by Gasteiger charge is 2.32. The maximum atomic E-state index is 13.4. The average molecular weight is 494 g/mol. The molecule has 5 nitrogen and oxygen atoms in total. The minimum absolute atomic E-state index is 0.0212. The van der Waals surface area contributed by atoms with Crippen molar-refractivity contribution in [2.45, 2.75) is 6.36 Å². The number of alkyl halides is 3. The second-order valence-electron chi connectivity index (χ2n) is 6.91. The molecule has 0 aliphatic carbocycles. The van der Waals surface area contributed by atoms with Gasteiger partial charge in [-0.3, -0.25) is 4.79 Å².